The minimum absolute atomic E-state index is 0.0264. The fourth-order valence-corrected chi connectivity index (χ4v) is 1.81. The lowest BCUT2D eigenvalue weighted by Crippen LogP contribution is -2.24. The van der Waals surface area contributed by atoms with Gasteiger partial charge in [0.2, 0.25) is 0 Å². The molecular formula is C14H23NO4. The molecule has 0 saturated heterocycles. The minimum Gasteiger partial charge on any atom is -0.494 e. The van der Waals surface area contributed by atoms with E-state index < -0.39 is 0 Å². The molecule has 0 aliphatic carbocycles. The Kier molecular flexibility index (Phi) is 6.42. The molecule has 5 heteroatoms. The number of hydrogen-bond acceptors (Lipinski definition) is 4. The molecule has 1 aromatic heterocycles. The van der Waals surface area contributed by atoms with Gasteiger partial charge in [0, 0.05) is 31.9 Å². The number of aromatic hydroxyl groups is 1. The summed E-state index contributed by atoms with van der Waals surface area (Å²) in [6.45, 7) is 5.32. The van der Waals surface area contributed by atoms with Crippen LogP contribution in [0.25, 0.3) is 0 Å². The summed E-state index contributed by atoms with van der Waals surface area (Å²) in [6.07, 6.45) is 2.59. The van der Waals surface area contributed by atoms with Crippen LogP contribution >= 0.6 is 0 Å². The number of hydrogen-bond donors (Lipinski definition) is 1. The third kappa shape index (κ3) is 4.28. The number of unbranched alkanes of at least 4 members (excludes halogenated alkanes) is 1. The first-order valence-electron chi connectivity index (χ1n) is 6.67. The highest BCUT2D eigenvalue weighted by Gasteiger charge is 2.12. The number of aromatic nitrogens is 1. The maximum Gasteiger partial charge on any atom is 0.295 e. The van der Waals surface area contributed by atoms with Crippen LogP contribution in [0.4, 0.5) is 0 Å². The Morgan fingerprint density at radius 2 is 2.05 bits per heavy atom. The quantitative estimate of drug-likeness (QED) is 0.734. The highest BCUT2D eigenvalue weighted by molar-refractivity contribution is 5.34. The Balaban J connectivity index is 2.91. The molecule has 0 aliphatic rings. The van der Waals surface area contributed by atoms with Crippen LogP contribution in [0.1, 0.15) is 31.7 Å². The van der Waals surface area contributed by atoms with Crippen molar-refractivity contribution in [1.29, 1.82) is 0 Å². The van der Waals surface area contributed by atoms with E-state index in [1.807, 2.05) is 0 Å². The van der Waals surface area contributed by atoms with Crippen molar-refractivity contribution in [3.63, 3.8) is 0 Å². The van der Waals surface area contributed by atoms with Gasteiger partial charge in [0.1, 0.15) is 0 Å². The van der Waals surface area contributed by atoms with Crippen LogP contribution in [-0.4, -0.2) is 30.0 Å². The molecule has 1 heterocycles. The third-order valence-corrected chi connectivity index (χ3v) is 2.89. The maximum atomic E-state index is 12.2. The molecule has 0 unspecified atom stereocenters. The highest BCUT2D eigenvalue weighted by atomic mass is 16.5. The van der Waals surface area contributed by atoms with Gasteiger partial charge in [-0.3, -0.25) is 9.36 Å². The Labute approximate surface area is 113 Å². The molecule has 0 aromatic carbocycles. The van der Waals surface area contributed by atoms with Crippen molar-refractivity contribution in [2.75, 3.05) is 20.3 Å². The van der Waals surface area contributed by atoms with E-state index in [1.54, 1.807) is 20.1 Å². The normalized spacial score (nSPS) is 10.7. The van der Waals surface area contributed by atoms with Crippen molar-refractivity contribution in [1.82, 2.24) is 4.57 Å². The molecule has 0 saturated carbocycles. The topological polar surface area (TPSA) is 60.7 Å². The Hall–Kier alpha value is -1.49. The number of aryl methyl sites for hydroxylation is 1. The first kappa shape index (κ1) is 15.6. The van der Waals surface area contributed by atoms with Gasteiger partial charge in [-0.1, -0.05) is 13.3 Å². The van der Waals surface area contributed by atoms with Crippen LogP contribution in [0.5, 0.6) is 11.6 Å². The Bertz CT molecular complexity index is 416. The van der Waals surface area contributed by atoms with Crippen LogP contribution in [0, 0.1) is 6.92 Å². The Morgan fingerprint density at radius 1 is 1.32 bits per heavy atom. The smallest absolute Gasteiger partial charge is 0.295 e. The van der Waals surface area contributed by atoms with E-state index in [4.69, 9.17) is 9.47 Å². The molecule has 0 amide bonds. The standard InChI is InChI=1S/C14H23NO4/c1-4-5-9-19-13-11(2)10-12(16)15(14(13)17)7-6-8-18-3/h10,16H,4-9H2,1-3H3. The predicted molar refractivity (Wildman–Crippen MR) is 74.0 cm³/mol. The lowest BCUT2D eigenvalue weighted by Gasteiger charge is -2.13. The second kappa shape index (κ2) is 7.84. The zero-order valence-electron chi connectivity index (χ0n) is 11.9. The largest absolute Gasteiger partial charge is 0.494 e. The molecule has 19 heavy (non-hydrogen) atoms. The molecule has 108 valence electrons. The molecule has 0 radical (unpaired) electrons. The number of rotatable bonds is 8. The fraction of sp³-hybridized carbons (Fsp3) is 0.643. The highest BCUT2D eigenvalue weighted by Crippen LogP contribution is 2.18. The first-order chi connectivity index (χ1) is 9.11. The van der Waals surface area contributed by atoms with Crippen LogP contribution in [0.2, 0.25) is 0 Å². The molecule has 0 spiro atoms. The zero-order valence-corrected chi connectivity index (χ0v) is 11.9. The molecule has 5 nitrogen and oxygen atoms in total. The van der Waals surface area contributed by atoms with Gasteiger partial charge in [-0.15, -0.1) is 0 Å². The average molecular weight is 269 g/mol. The van der Waals surface area contributed by atoms with Crippen molar-refractivity contribution in [2.24, 2.45) is 0 Å². The van der Waals surface area contributed by atoms with E-state index in [0.29, 0.717) is 37.5 Å². The zero-order chi connectivity index (χ0) is 14.3. The molecule has 1 aromatic rings. The van der Waals surface area contributed by atoms with E-state index in [0.717, 1.165) is 12.8 Å². The summed E-state index contributed by atoms with van der Waals surface area (Å²) >= 11 is 0. The van der Waals surface area contributed by atoms with Crippen molar-refractivity contribution < 1.29 is 14.6 Å². The average Bonchev–Trinajstić information content (AvgIpc) is 2.37. The van der Waals surface area contributed by atoms with Gasteiger partial charge >= 0.3 is 0 Å². The summed E-state index contributed by atoms with van der Waals surface area (Å²) in [5, 5.41) is 9.83. The van der Waals surface area contributed by atoms with Gasteiger partial charge in [0.15, 0.2) is 11.6 Å². The lowest BCUT2D eigenvalue weighted by molar-refractivity contribution is 0.188. The van der Waals surface area contributed by atoms with Crippen LogP contribution < -0.4 is 10.3 Å². The molecule has 1 N–H and O–H groups in total. The van der Waals surface area contributed by atoms with Gasteiger partial charge in [0.25, 0.3) is 5.56 Å². The summed E-state index contributed by atoms with van der Waals surface area (Å²) in [5.74, 6) is 0.310. The van der Waals surface area contributed by atoms with E-state index >= 15 is 0 Å². The van der Waals surface area contributed by atoms with Crippen LogP contribution in [0.15, 0.2) is 10.9 Å². The second-order valence-electron chi connectivity index (χ2n) is 4.52. The van der Waals surface area contributed by atoms with Gasteiger partial charge < -0.3 is 14.6 Å². The van der Waals surface area contributed by atoms with Crippen molar-refractivity contribution >= 4 is 0 Å². The molecular weight excluding hydrogens is 246 g/mol. The summed E-state index contributed by atoms with van der Waals surface area (Å²) in [5.41, 5.74) is 0.395. The summed E-state index contributed by atoms with van der Waals surface area (Å²) < 4.78 is 11.8. The van der Waals surface area contributed by atoms with Gasteiger partial charge in [-0.2, -0.15) is 0 Å². The van der Waals surface area contributed by atoms with Crippen LogP contribution in [0.3, 0.4) is 0 Å². The van der Waals surface area contributed by atoms with Gasteiger partial charge in [-0.05, 0) is 19.8 Å². The van der Waals surface area contributed by atoms with E-state index in [2.05, 4.69) is 6.92 Å². The van der Waals surface area contributed by atoms with Crippen molar-refractivity contribution in [2.45, 2.75) is 39.7 Å². The van der Waals surface area contributed by atoms with Gasteiger partial charge in [0.05, 0.1) is 6.61 Å². The number of pyridine rings is 1. The summed E-state index contributed by atoms with van der Waals surface area (Å²) in [6, 6.07) is 1.56. The first-order valence-corrected chi connectivity index (χ1v) is 6.67. The summed E-state index contributed by atoms with van der Waals surface area (Å²) in [7, 11) is 1.61. The monoisotopic (exact) mass is 269 g/mol. The van der Waals surface area contributed by atoms with Crippen molar-refractivity contribution in [3.05, 3.63) is 22.0 Å². The Morgan fingerprint density at radius 3 is 2.68 bits per heavy atom. The van der Waals surface area contributed by atoms with Crippen LogP contribution in [-0.2, 0) is 11.3 Å². The van der Waals surface area contributed by atoms with E-state index in [-0.39, 0.29) is 11.4 Å². The summed E-state index contributed by atoms with van der Waals surface area (Å²) in [4.78, 5) is 12.2. The third-order valence-electron chi connectivity index (χ3n) is 2.89. The number of nitrogens with zero attached hydrogens (tertiary/aromatic N) is 1. The van der Waals surface area contributed by atoms with Gasteiger partial charge in [-0.25, -0.2) is 0 Å². The molecule has 0 bridgehead atoms. The van der Waals surface area contributed by atoms with E-state index in [9.17, 15) is 9.90 Å². The fourth-order valence-electron chi connectivity index (χ4n) is 1.81. The number of methoxy groups -OCH3 is 1. The molecule has 0 aliphatic heterocycles. The minimum atomic E-state index is -0.273. The second-order valence-corrected chi connectivity index (χ2v) is 4.52. The van der Waals surface area contributed by atoms with E-state index in [1.165, 1.54) is 4.57 Å². The molecule has 0 atom stereocenters. The van der Waals surface area contributed by atoms with Crippen molar-refractivity contribution in [3.8, 4) is 11.6 Å². The molecule has 1 rings (SSSR count). The number of ether oxygens (including phenoxy) is 2. The maximum absolute atomic E-state index is 12.2. The SMILES string of the molecule is CCCCOc1c(C)cc(O)n(CCCOC)c1=O. The predicted octanol–water partition coefficient (Wildman–Crippen LogP) is 2.08. The molecule has 0 fully saturated rings. The lowest BCUT2D eigenvalue weighted by atomic mass is 10.2.